The highest BCUT2D eigenvalue weighted by atomic mass is 32.0. The van der Waals surface area contributed by atoms with E-state index in [0.717, 1.165) is 0 Å². The van der Waals surface area contributed by atoms with Crippen molar-refractivity contribution in [3.05, 3.63) is 142 Å². The van der Waals surface area contributed by atoms with Crippen LogP contribution < -0.4 is 19.6 Å². The summed E-state index contributed by atoms with van der Waals surface area (Å²) < 4.78 is 0. The Hall–Kier alpha value is -3.58. The molecule has 3 aliphatic rings. The zero-order chi connectivity index (χ0) is 42.6. The molecule has 0 saturated carbocycles. The summed E-state index contributed by atoms with van der Waals surface area (Å²) >= 11 is 0. The van der Waals surface area contributed by atoms with Crippen LogP contribution in [0.3, 0.4) is 0 Å². The van der Waals surface area contributed by atoms with Gasteiger partial charge in [-0.25, -0.2) is 0 Å². The van der Waals surface area contributed by atoms with E-state index in [1.54, 1.807) is 0 Å². The van der Waals surface area contributed by atoms with Crippen molar-refractivity contribution in [2.75, 3.05) is 19.6 Å². The minimum Gasteiger partial charge on any atom is -0.321 e. The summed E-state index contributed by atoms with van der Waals surface area (Å²) in [5.41, 5.74) is 18.7. The summed E-state index contributed by atoms with van der Waals surface area (Å²) in [5.74, 6) is 3.51. The molecule has 4 aromatic carbocycles. The third-order valence-electron chi connectivity index (χ3n) is 13.0. The van der Waals surface area contributed by atoms with Crippen molar-refractivity contribution in [3.8, 4) is 0 Å². The van der Waals surface area contributed by atoms with Gasteiger partial charge in [-0.05, 0) is 102 Å². The second-order valence-electron chi connectivity index (χ2n) is 19.4. The third-order valence-corrected chi connectivity index (χ3v) is 16.8. The second-order valence-corrected chi connectivity index (χ2v) is 22.8. The van der Waals surface area contributed by atoms with E-state index in [-0.39, 0.29) is 11.8 Å². The Bertz CT molecular complexity index is 2060. The van der Waals surface area contributed by atoms with Crippen LogP contribution in [0.25, 0.3) is 0 Å². The molecule has 0 N–H and O–H groups in total. The topological polar surface area (TPSA) is 13.0 Å². The molecule has 59 heavy (non-hydrogen) atoms. The van der Waals surface area contributed by atoms with Gasteiger partial charge in [-0.15, -0.1) is 0 Å². The molecule has 314 valence electrons. The van der Waals surface area contributed by atoms with Crippen molar-refractivity contribution in [2.24, 2.45) is 0 Å². The first kappa shape index (κ1) is 43.5. The molecule has 0 aliphatic carbocycles. The summed E-state index contributed by atoms with van der Waals surface area (Å²) in [5, 5.41) is 0. The summed E-state index contributed by atoms with van der Waals surface area (Å²) in [7, 11) is 1.27. The number of allylic oxidation sites excluding steroid dienone is 1. The van der Waals surface area contributed by atoms with Crippen molar-refractivity contribution in [1.82, 2.24) is 0 Å². The Morgan fingerprint density at radius 3 is 1.05 bits per heavy atom. The first-order valence-electron chi connectivity index (χ1n) is 22.6. The standard InChI is InChI=1S/C53H72N4P2/c1-31(2)39-20-16-21-40(32(3)4)48(39)54-28-29-55(49-41(33(5)6)22-17-23-42(49)34(7)8)52(54)58-59-53-56(50-43(35(9)10)24-18-25-44(50)36(11)12)30-47-38(15)46-27-19-26-45(37(13)14)51(46)57(47)53/h16-38,52-53,58-59H,1-15H3. The van der Waals surface area contributed by atoms with E-state index in [9.17, 15) is 0 Å². The lowest BCUT2D eigenvalue weighted by Crippen LogP contribution is -2.39. The highest BCUT2D eigenvalue weighted by Gasteiger charge is 2.46. The number of hydrogen-bond acceptors (Lipinski definition) is 4. The van der Waals surface area contributed by atoms with Crippen LogP contribution in [-0.4, -0.2) is 11.8 Å². The van der Waals surface area contributed by atoms with E-state index in [1.807, 2.05) is 0 Å². The fourth-order valence-corrected chi connectivity index (χ4v) is 14.1. The molecule has 3 aliphatic heterocycles. The van der Waals surface area contributed by atoms with Crippen LogP contribution in [-0.2, 0) is 0 Å². The van der Waals surface area contributed by atoms with Crippen LogP contribution >= 0.6 is 16.5 Å². The molecule has 4 nitrogen and oxygen atoms in total. The Balaban J connectivity index is 1.43. The van der Waals surface area contributed by atoms with Gasteiger partial charge in [0.15, 0.2) is 0 Å². The quantitative estimate of drug-likeness (QED) is 0.125. The number of benzene rings is 4. The number of hydrogen-bond donors (Lipinski definition) is 0. The molecule has 0 bridgehead atoms. The van der Waals surface area contributed by atoms with Crippen LogP contribution in [0.15, 0.2) is 97.1 Å². The molecular formula is C53H72N4P2. The zero-order valence-electron chi connectivity index (χ0n) is 38.7. The highest BCUT2D eigenvalue weighted by Crippen LogP contribution is 2.62. The number of para-hydroxylation sites is 4. The maximum atomic E-state index is 2.81. The van der Waals surface area contributed by atoms with Gasteiger partial charge in [0, 0.05) is 47.3 Å². The first-order valence-corrected chi connectivity index (χ1v) is 25.8. The molecular weight excluding hydrogens is 755 g/mol. The molecule has 0 spiro atoms. The lowest BCUT2D eigenvalue weighted by molar-refractivity contribution is 0.788. The van der Waals surface area contributed by atoms with E-state index in [0.29, 0.717) is 63.9 Å². The highest BCUT2D eigenvalue weighted by molar-refractivity contribution is 8.12. The van der Waals surface area contributed by atoms with E-state index in [4.69, 9.17) is 0 Å². The number of rotatable bonds is 13. The van der Waals surface area contributed by atoms with Gasteiger partial charge in [0.25, 0.3) is 0 Å². The number of nitrogens with zero attached hydrogens (tertiary/aromatic N) is 4. The van der Waals surface area contributed by atoms with Gasteiger partial charge in [-0.3, -0.25) is 0 Å². The average Bonchev–Trinajstić information content (AvgIpc) is 3.87. The smallest absolute Gasteiger partial charge is 0.130 e. The summed E-state index contributed by atoms with van der Waals surface area (Å²) in [4.78, 5) is 11.0. The predicted molar refractivity (Wildman–Crippen MR) is 264 cm³/mol. The number of fused-ring (bicyclic) bond motifs is 3. The predicted octanol–water partition coefficient (Wildman–Crippen LogP) is 16.2. The largest absolute Gasteiger partial charge is 0.321 e. The van der Waals surface area contributed by atoms with Gasteiger partial charge in [-0.1, -0.05) is 177 Å². The minimum atomic E-state index is 0.138. The van der Waals surface area contributed by atoms with Gasteiger partial charge >= 0.3 is 0 Å². The molecule has 4 unspecified atom stereocenters. The van der Waals surface area contributed by atoms with Crippen LogP contribution in [0.1, 0.15) is 196 Å². The lowest BCUT2D eigenvalue weighted by Gasteiger charge is -2.41. The van der Waals surface area contributed by atoms with Crippen LogP contribution in [0, 0.1) is 0 Å². The van der Waals surface area contributed by atoms with Crippen LogP contribution in [0.4, 0.5) is 22.7 Å². The van der Waals surface area contributed by atoms with Gasteiger partial charge in [0.05, 0.1) is 5.69 Å². The van der Waals surface area contributed by atoms with Gasteiger partial charge < -0.3 is 19.6 Å². The fourth-order valence-electron chi connectivity index (χ4n) is 9.82. The molecule has 0 saturated heterocycles. The fraction of sp³-hybridized carbons (Fsp3) is 0.472. The Morgan fingerprint density at radius 2 is 0.695 bits per heavy atom. The third kappa shape index (κ3) is 7.80. The number of anilines is 4. The minimum absolute atomic E-state index is 0.138. The Labute approximate surface area is 362 Å². The molecule has 0 fully saturated rings. The summed E-state index contributed by atoms with van der Waals surface area (Å²) in [6.45, 7) is 35.6. The van der Waals surface area contributed by atoms with Crippen molar-refractivity contribution in [1.29, 1.82) is 0 Å². The molecule has 0 aromatic heterocycles. The molecule has 0 amide bonds. The van der Waals surface area contributed by atoms with Crippen molar-refractivity contribution >= 4 is 39.3 Å². The Morgan fingerprint density at radius 1 is 0.390 bits per heavy atom. The normalized spacial score (nSPS) is 18.5. The van der Waals surface area contributed by atoms with Gasteiger partial charge in [0.1, 0.15) is 11.8 Å². The average molecular weight is 827 g/mol. The zero-order valence-corrected chi connectivity index (χ0v) is 40.7. The van der Waals surface area contributed by atoms with E-state index in [2.05, 4.69) is 215 Å². The molecule has 3 heterocycles. The van der Waals surface area contributed by atoms with E-state index in [1.165, 1.54) is 73.0 Å². The monoisotopic (exact) mass is 827 g/mol. The van der Waals surface area contributed by atoms with Crippen molar-refractivity contribution < 1.29 is 0 Å². The van der Waals surface area contributed by atoms with Gasteiger partial charge in [-0.2, -0.15) is 0 Å². The lowest BCUT2D eigenvalue weighted by atomic mass is 9.91. The molecule has 6 heteroatoms. The first-order chi connectivity index (χ1) is 28.0. The summed E-state index contributed by atoms with van der Waals surface area (Å²) in [6, 6.07) is 28.3. The SMILES string of the molecule is CC(C)c1cccc(C(C)C)c1N1C=CN(c2c(C(C)C)cccc2C(C)C)C1PPC1N(c2c(C(C)C)cccc2C(C)C)C=C2C(C)c3cccc(C(C)C)c3N21. The Kier molecular flexibility index (Phi) is 12.8. The molecule has 7 rings (SSSR count). The molecule has 4 aromatic rings. The van der Waals surface area contributed by atoms with E-state index >= 15 is 0 Å². The van der Waals surface area contributed by atoms with Crippen molar-refractivity contribution in [2.45, 2.75) is 163 Å². The second kappa shape index (κ2) is 17.4. The van der Waals surface area contributed by atoms with E-state index < -0.39 is 0 Å². The summed E-state index contributed by atoms with van der Waals surface area (Å²) in [6.07, 6.45) is 7.44. The van der Waals surface area contributed by atoms with Crippen LogP contribution in [0.2, 0.25) is 0 Å². The van der Waals surface area contributed by atoms with Crippen LogP contribution in [0.5, 0.6) is 0 Å². The van der Waals surface area contributed by atoms with Gasteiger partial charge in [0.2, 0.25) is 0 Å². The maximum absolute atomic E-state index is 2.81. The van der Waals surface area contributed by atoms with Crippen molar-refractivity contribution in [3.63, 3.8) is 0 Å². The maximum Gasteiger partial charge on any atom is 0.130 e. The molecule has 0 radical (unpaired) electrons. The molecule has 4 atom stereocenters.